The summed E-state index contributed by atoms with van der Waals surface area (Å²) in [5.74, 6) is 0.878. The first-order valence-corrected chi connectivity index (χ1v) is 11.7. The maximum absolute atomic E-state index is 14.3. The maximum Gasteiger partial charge on any atom is 0.184 e. The van der Waals surface area contributed by atoms with E-state index in [-0.39, 0.29) is 18.2 Å². The highest BCUT2D eigenvalue weighted by atomic mass is 19.1. The number of fused-ring (bicyclic) bond motifs is 2. The highest BCUT2D eigenvalue weighted by Crippen LogP contribution is 2.35. The lowest BCUT2D eigenvalue weighted by molar-refractivity contribution is 0.589. The number of halogens is 1. The van der Waals surface area contributed by atoms with Crippen LogP contribution in [-0.4, -0.2) is 37.0 Å². The average molecular weight is 479 g/mol. The smallest absolute Gasteiger partial charge is 0.184 e. The Labute approximate surface area is 206 Å². The van der Waals surface area contributed by atoms with E-state index in [1.54, 1.807) is 29.1 Å². The van der Waals surface area contributed by atoms with Crippen LogP contribution in [-0.2, 0) is 6.54 Å². The van der Waals surface area contributed by atoms with E-state index >= 15 is 0 Å². The van der Waals surface area contributed by atoms with Gasteiger partial charge in [-0.2, -0.15) is 5.10 Å². The zero-order valence-electron chi connectivity index (χ0n) is 19.6. The Balaban J connectivity index is 1.43. The van der Waals surface area contributed by atoms with Crippen LogP contribution in [0.3, 0.4) is 0 Å². The fraction of sp³-hybridized carbons (Fsp3) is 0.148. The Bertz CT molecular complexity index is 1620. The summed E-state index contributed by atoms with van der Waals surface area (Å²) >= 11 is 0. The summed E-state index contributed by atoms with van der Waals surface area (Å²) in [4.78, 5) is 18.6. The van der Waals surface area contributed by atoms with Crippen molar-refractivity contribution >= 4 is 34.1 Å². The summed E-state index contributed by atoms with van der Waals surface area (Å²) in [5.41, 5.74) is 11.7. The highest BCUT2D eigenvalue weighted by molar-refractivity contribution is 6.04. The molecule has 3 N–H and O–H groups in total. The lowest BCUT2D eigenvalue weighted by atomic mass is 10.1. The monoisotopic (exact) mass is 478 g/mol. The molecule has 0 atom stereocenters. The van der Waals surface area contributed by atoms with Gasteiger partial charge in [0.05, 0.1) is 17.6 Å². The second kappa shape index (κ2) is 8.84. The molecule has 1 aliphatic heterocycles. The van der Waals surface area contributed by atoms with Crippen molar-refractivity contribution in [1.82, 2.24) is 24.7 Å². The molecule has 36 heavy (non-hydrogen) atoms. The van der Waals surface area contributed by atoms with Crippen molar-refractivity contribution < 1.29 is 4.39 Å². The second-order valence-corrected chi connectivity index (χ2v) is 8.70. The first kappa shape index (κ1) is 21.8. The van der Waals surface area contributed by atoms with Crippen molar-refractivity contribution in [2.24, 2.45) is 4.99 Å². The van der Waals surface area contributed by atoms with E-state index < -0.39 is 0 Å². The molecule has 0 saturated carbocycles. The number of aromatic nitrogens is 5. The number of nitrogens with two attached hydrogens (primary N) is 1. The molecule has 5 aromatic rings. The molecular formula is C27H23FN8. The highest BCUT2D eigenvalue weighted by Gasteiger charge is 2.22. The number of rotatable bonds is 4. The van der Waals surface area contributed by atoms with Crippen LogP contribution in [0.4, 0.5) is 21.7 Å². The fourth-order valence-electron chi connectivity index (χ4n) is 4.33. The molecule has 0 bridgehead atoms. The normalized spacial score (nSPS) is 13.1. The van der Waals surface area contributed by atoms with E-state index in [9.17, 15) is 4.39 Å². The van der Waals surface area contributed by atoms with Crippen LogP contribution in [0.1, 0.15) is 23.1 Å². The third-order valence-electron chi connectivity index (χ3n) is 6.19. The van der Waals surface area contributed by atoms with Crippen LogP contribution in [0.2, 0.25) is 0 Å². The Morgan fingerprint density at radius 1 is 1.03 bits per heavy atom. The predicted molar refractivity (Wildman–Crippen MR) is 139 cm³/mol. The minimum Gasteiger partial charge on any atom is -0.382 e. The number of nitrogen functional groups attached to an aromatic ring is 1. The van der Waals surface area contributed by atoms with Gasteiger partial charge in [-0.3, -0.25) is 0 Å². The van der Waals surface area contributed by atoms with E-state index in [2.05, 4.69) is 46.5 Å². The number of nitrogens with one attached hydrogen (secondary N) is 1. The Hall–Kier alpha value is -4.66. The van der Waals surface area contributed by atoms with Crippen LogP contribution in [0.15, 0.2) is 71.9 Å². The van der Waals surface area contributed by atoms with Gasteiger partial charge in [0.2, 0.25) is 0 Å². The molecule has 9 heteroatoms. The summed E-state index contributed by atoms with van der Waals surface area (Å²) in [5, 5.41) is 8.82. The van der Waals surface area contributed by atoms with Crippen LogP contribution in [0, 0.1) is 12.7 Å². The molecule has 3 aromatic heterocycles. The van der Waals surface area contributed by atoms with Crippen molar-refractivity contribution in [3.8, 4) is 11.5 Å². The van der Waals surface area contributed by atoms with Gasteiger partial charge < -0.3 is 11.1 Å². The van der Waals surface area contributed by atoms with E-state index in [0.29, 0.717) is 40.8 Å². The summed E-state index contributed by atoms with van der Waals surface area (Å²) in [6.45, 7) is 2.93. The zero-order chi connectivity index (χ0) is 24.6. The fourth-order valence-corrected chi connectivity index (χ4v) is 4.33. The summed E-state index contributed by atoms with van der Waals surface area (Å²) in [6.07, 6.45) is 2.40. The van der Waals surface area contributed by atoms with Gasteiger partial charge in [-0.25, -0.2) is 29.0 Å². The zero-order valence-corrected chi connectivity index (χ0v) is 19.6. The molecule has 4 heterocycles. The molecular weight excluding hydrogens is 455 g/mol. The van der Waals surface area contributed by atoms with Gasteiger partial charge in [0.15, 0.2) is 23.1 Å². The Morgan fingerprint density at radius 3 is 2.69 bits per heavy atom. The molecule has 178 valence electrons. The van der Waals surface area contributed by atoms with Crippen LogP contribution >= 0.6 is 0 Å². The molecule has 0 saturated heterocycles. The van der Waals surface area contributed by atoms with E-state index in [1.807, 2.05) is 12.1 Å². The number of anilines is 2. The van der Waals surface area contributed by atoms with Crippen molar-refractivity contribution in [1.29, 1.82) is 0 Å². The number of nitrogens with zero attached hydrogens (tertiary/aromatic N) is 6. The molecule has 0 radical (unpaired) electrons. The molecule has 0 unspecified atom stereocenters. The molecule has 2 aromatic carbocycles. The van der Waals surface area contributed by atoms with Gasteiger partial charge in [-0.05, 0) is 30.7 Å². The minimum atomic E-state index is -0.296. The lowest BCUT2D eigenvalue weighted by Gasteiger charge is -2.08. The van der Waals surface area contributed by atoms with Gasteiger partial charge in [0.25, 0.3) is 0 Å². The van der Waals surface area contributed by atoms with Gasteiger partial charge in [0, 0.05) is 24.7 Å². The lowest BCUT2D eigenvalue weighted by Crippen LogP contribution is -2.08. The predicted octanol–water partition coefficient (Wildman–Crippen LogP) is 4.90. The van der Waals surface area contributed by atoms with E-state index in [0.717, 1.165) is 23.1 Å². The third kappa shape index (κ3) is 3.94. The first-order chi connectivity index (χ1) is 17.6. The summed E-state index contributed by atoms with van der Waals surface area (Å²) in [7, 11) is 0. The summed E-state index contributed by atoms with van der Waals surface area (Å²) < 4.78 is 16.0. The molecule has 0 spiro atoms. The SMILES string of the molecule is Cc1ccc(C2=Nc3c(N)nc(-c4nn(Cc5ccccc5F)c5ncccc45)nc3NCC2)cc1. The second-order valence-electron chi connectivity index (χ2n) is 8.70. The molecule has 6 rings (SSSR count). The van der Waals surface area contributed by atoms with Gasteiger partial charge in [-0.15, -0.1) is 0 Å². The molecule has 0 fully saturated rings. The Morgan fingerprint density at radius 2 is 1.86 bits per heavy atom. The maximum atomic E-state index is 14.3. The average Bonchev–Trinajstić information content (AvgIpc) is 3.10. The third-order valence-corrected chi connectivity index (χ3v) is 6.19. The molecule has 0 aliphatic carbocycles. The van der Waals surface area contributed by atoms with Gasteiger partial charge >= 0.3 is 0 Å². The van der Waals surface area contributed by atoms with Crippen molar-refractivity contribution in [3.05, 3.63) is 89.4 Å². The topological polar surface area (TPSA) is 107 Å². The van der Waals surface area contributed by atoms with Crippen molar-refractivity contribution in [2.45, 2.75) is 19.9 Å². The van der Waals surface area contributed by atoms with Crippen molar-refractivity contribution in [2.75, 3.05) is 17.6 Å². The first-order valence-electron chi connectivity index (χ1n) is 11.7. The Kier molecular flexibility index (Phi) is 5.37. The number of hydrogen-bond donors (Lipinski definition) is 2. The number of aryl methyl sites for hydroxylation is 1. The quantitative estimate of drug-likeness (QED) is 0.380. The molecule has 8 nitrogen and oxygen atoms in total. The van der Waals surface area contributed by atoms with Crippen LogP contribution in [0.5, 0.6) is 0 Å². The van der Waals surface area contributed by atoms with Gasteiger partial charge in [0.1, 0.15) is 17.2 Å². The number of hydrogen-bond acceptors (Lipinski definition) is 7. The largest absolute Gasteiger partial charge is 0.382 e. The number of benzene rings is 2. The van der Waals surface area contributed by atoms with Gasteiger partial charge in [-0.1, -0.05) is 48.0 Å². The van der Waals surface area contributed by atoms with E-state index in [1.165, 1.54) is 11.6 Å². The van der Waals surface area contributed by atoms with E-state index in [4.69, 9.17) is 20.8 Å². The molecule has 1 aliphatic rings. The summed E-state index contributed by atoms with van der Waals surface area (Å²) in [6, 6.07) is 18.6. The van der Waals surface area contributed by atoms with Crippen LogP contribution < -0.4 is 11.1 Å². The standard InChI is InChI=1S/C27H23FN8/c1-16-8-10-17(11-9-16)21-12-14-30-25-23(32-21)24(29)33-26(34-25)22-19-6-4-13-31-27(19)36(35-22)15-18-5-2-3-7-20(18)28/h2-11,13H,12,14-15H2,1H3,(H3,29,30,33,34). The number of pyridine rings is 1. The van der Waals surface area contributed by atoms with Crippen LogP contribution in [0.25, 0.3) is 22.6 Å². The van der Waals surface area contributed by atoms with Crippen molar-refractivity contribution in [3.63, 3.8) is 0 Å². The number of aliphatic imine (C=N–C) groups is 1. The minimum absolute atomic E-state index is 0.225. The molecule has 0 amide bonds.